The van der Waals surface area contributed by atoms with Crippen LogP contribution in [0.15, 0.2) is 78.9 Å². The molecule has 0 heterocycles. The maximum absolute atomic E-state index is 13.1. The molecule has 0 saturated heterocycles. The first-order valence-electron chi connectivity index (χ1n) is 11.7. The number of benzene rings is 3. The van der Waals surface area contributed by atoms with Crippen LogP contribution < -0.4 is 16.0 Å². The summed E-state index contributed by atoms with van der Waals surface area (Å²) in [5.74, 6) is -0.765. The first kappa shape index (κ1) is 25.5. The molecule has 3 aromatic rings. The molecular formula is C28H31N3O4. The van der Waals surface area contributed by atoms with Crippen LogP contribution in [0.25, 0.3) is 0 Å². The summed E-state index contributed by atoms with van der Waals surface area (Å²) >= 11 is 0. The van der Waals surface area contributed by atoms with Gasteiger partial charge in [0.05, 0.1) is 12.2 Å². The lowest BCUT2D eigenvalue weighted by Crippen LogP contribution is -2.46. The molecule has 0 bridgehead atoms. The zero-order valence-corrected chi connectivity index (χ0v) is 20.0. The standard InChI is InChI=1S/C28H31N3O4/c1-3-4-18-35-27(33)22-12-16-23(17-13-22)29-26(32)25(19-21-8-6-5-7-9-21)31-28(34)30-24-14-10-20(2)11-15-24/h5-17,25H,3-4,18-19H2,1-2H3,(H,29,32)(H2,30,31,34). The Kier molecular flexibility index (Phi) is 9.42. The van der Waals surface area contributed by atoms with Crippen molar-refractivity contribution in [1.29, 1.82) is 0 Å². The van der Waals surface area contributed by atoms with Crippen LogP contribution >= 0.6 is 0 Å². The fourth-order valence-corrected chi connectivity index (χ4v) is 3.33. The second-order valence-corrected chi connectivity index (χ2v) is 8.26. The van der Waals surface area contributed by atoms with E-state index in [4.69, 9.17) is 4.74 Å². The number of urea groups is 1. The maximum Gasteiger partial charge on any atom is 0.338 e. The molecule has 0 saturated carbocycles. The van der Waals surface area contributed by atoms with Crippen LogP contribution in [0.4, 0.5) is 16.2 Å². The Morgan fingerprint density at radius 3 is 2.11 bits per heavy atom. The van der Waals surface area contributed by atoms with Crippen molar-refractivity contribution < 1.29 is 19.1 Å². The highest BCUT2D eigenvalue weighted by atomic mass is 16.5. The van der Waals surface area contributed by atoms with Crippen molar-refractivity contribution in [3.63, 3.8) is 0 Å². The van der Waals surface area contributed by atoms with Crippen molar-refractivity contribution >= 4 is 29.3 Å². The molecule has 0 aliphatic rings. The molecule has 7 nitrogen and oxygen atoms in total. The smallest absolute Gasteiger partial charge is 0.338 e. The molecule has 182 valence electrons. The van der Waals surface area contributed by atoms with E-state index in [1.165, 1.54) is 0 Å². The predicted molar refractivity (Wildman–Crippen MR) is 138 cm³/mol. The monoisotopic (exact) mass is 473 g/mol. The Morgan fingerprint density at radius 1 is 0.829 bits per heavy atom. The third-order valence-corrected chi connectivity index (χ3v) is 5.33. The van der Waals surface area contributed by atoms with Crippen molar-refractivity contribution in [3.8, 4) is 0 Å². The van der Waals surface area contributed by atoms with E-state index in [0.717, 1.165) is 24.0 Å². The van der Waals surface area contributed by atoms with E-state index in [1.807, 2.05) is 56.3 Å². The summed E-state index contributed by atoms with van der Waals surface area (Å²) in [4.78, 5) is 37.8. The average Bonchev–Trinajstić information content (AvgIpc) is 2.86. The summed E-state index contributed by atoms with van der Waals surface area (Å²) in [7, 11) is 0. The number of hydrogen-bond donors (Lipinski definition) is 3. The van der Waals surface area contributed by atoms with Crippen molar-refractivity contribution in [2.45, 2.75) is 39.2 Å². The molecule has 0 spiro atoms. The molecule has 35 heavy (non-hydrogen) atoms. The van der Waals surface area contributed by atoms with Gasteiger partial charge in [-0.2, -0.15) is 0 Å². The van der Waals surface area contributed by atoms with Gasteiger partial charge in [0.15, 0.2) is 0 Å². The number of nitrogens with one attached hydrogen (secondary N) is 3. The van der Waals surface area contributed by atoms with E-state index in [9.17, 15) is 14.4 Å². The van der Waals surface area contributed by atoms with Crippen LogP contribution in [-0.2, 0) is 16.0 Å². The number of rotatable bonds is 10. The Balaban J connectivity index is 1.66. The minimum absolute atomic E-state index is 0.315. The Hall–Kier alpha value is -4.13. The molecule has 1 unspecified atom stereocenters. The van der Waals surface area contributed by atoms with Gasteiger partial charge in [0, 0.05) is 17.8 Å². The van der Waals surface area contributed by atoms with Gasteiger partial charge < -0.3 is 20.7 Å². The first-order valence-corrected chi connectivity index (χ1v) is 11.7. The van der Waals surface area contributed by atoms with Gasteiger partial charge in [-0.15, -0.1) is 0 Å². The molecule has 1 atom stereocenters. The molecule has 3 aromatic carbocycles. The third kappa shape index (κ3) is 8.30. The number of carbonyl (C=O) groups excluding carboxylic acids is 3. The lowest BCUT2D eigenvalue weighted by Gasteiger charge is -2.19. The lowest BCUT2D eigenvalue weighted by molar-refractivity contribution is -0.117. The van der Waals surface area contributed by atoms with Crippen LogP contribution in [0.5, 0.6) is 0 Å². The number of aryl methyl sites for hydroxylation is 1. The molecular weight excluding hydrogens is 442 g/mol. The van der Waals surface area contributed by atoms with Gasteiger partial charge >= 0.3 is 12.0 Å². The fraction of sp³-hybridized carbons (Fsp3) is 0.250. The number of hydrogen-bond acceptors (Lipinski definition) is 4. The number of unbranched alkanes of at least 4 members (excludes halogenated alkanes) is 1. The summed E-state index contributed by atoms with van der Waals surface area (Å²) in [5, 5.41) is 8.36. The highest BCUT2D eigenvalue weighted by Crippen LogP contribution is 2.13. The summed E-state index contributed by atoms with van der Waals surface area (Å²) in [6.45, 7) is 4.37. The number of amides is 3. The molecule has 0 fully saturated rings. The highest BCUT2D eigenvalue weighted by Gasteiger charge is 2.22. The molecule has 3 amide bonds. The average molecular weight is 474 g/mol. The van der Waals surface area contributed by atoms with Gasteiger partial charge in [0.1, 0.15) is 6.04 Å². The normalized spacial score (nSPS) is 11.3. The topological polar surface area (TPSA) is 96.5 Å². The van der Waals surface area contributed by atoms with Gasteiger partial charge in [-0.25, -0.2) is 9.59 Å². The van der Waals surface area contributed by atoms with Gasteiger partial charge in [-0.05, 0) is 55.3 Å². The Labute approximate surface area is 205 Å². The number of ether oxygens (including phenoxy) is 1. The number of carbonyl (C=O) groups is 3. The molecule has 3 N–H and O–H groups in total. The predicted octanol–water partition coefficient (Wildman–Crippen LogP) is 5.32. The lowest BCUT2D eigenvalue weighted by atomic mass is 10.1. The minimum atomic E-state index is -0.818. The molecule has 0 aromatic heterocycles. The second-order valence-electron chi connectivity index (χ2n) is 8.26. The zero-order chi connectivity index (χ0) is 25.0. The van der Waals surface area contributed by atoms with Crippen LogP contribution in [-0.4, -0.2) is 30.6 Å². The van der Waals surface area contributed by atoms with Crippen LogP contribution in [0, 0.1) is 6.92 Å². The van der Waals surface area contributed by atoms with E-state index < -0.39 is 18.0 Å². The quantitative estimate of drug-likeness (QED) is 0.274. The molecule has 7 heteroatoms. The Bertz CT molecular complexity index is 1110. The van der Waals surface area contributed by atoms with E-state index in [1.54, 1.807) is 36.4 Å². The van der Waals surface area contributed by atoms with E-state index >= 15 is 0 Å². The molecule has 3 rings (SSSR count). The summed E-state index contributed by atoms with van der Waals surface area (Å²) < 4.78 is 5.21. The maximum atomic E-state index is 13.1. The van der Waals surface area contributed by atoms with Crippen LogP contribution in [0.2, 0.25) is 0 Å². The van der Waals surface area contributed by atoms with Crippen molar-refractivity contribution in [2.75, 3.05) is 17.2 Å². The van der Waals surface area contributed by atoms with Gasteiger partial charge in [-0.1, -0.05) is 61.4 Å². The van der Waals surface area contributed by atoms with Crippen LogP contribution in [0.1, 0.15) is 41.3 Å². The van der Waals surface area contributed by atoms with Crippen molar-refractivity contribution in [2.24, 2.45) is 0 Å². The van der Waals surface area contributed by atoms with Crippen LogP contribution in [0.3, 0.4) is 0 Å². The Morgan fingerprint density at radius 2 is 1.46 bits per heavy atom. The summed E-state index contributed by atoms with van der Waals surface area (Å²) in [6.07, 6.45) is 2.07. The summed E-state index contributed by atoms with van der Waals surface area (Å²) in [6, 6.07) is 22.1. The summed E-state index contributed by atoms with van der Waals surface area (Å²) in [5.41, 5.74) is 3.55. The van der Waals surface area contributed by atoms with Crippen molar-refractivity contribution in [3.05, 3.63) is 95.6 Å². The van der Waals surface area contributed by atoms with E-state index in [2.05, 4.69) is 16.0 Å². The highest BCUT2D eigenvalue weighted by molar-refractivity contribution is 5.99. The van der Waals surface area contributed by atoms with E-state index in [0.29, 0.717) is 30.0 Å². The minimum Gasteiger partial charge on any atom is -0.462 e. The van der Waals surface area contributed by atoms with Gasteiger partial charge in [-0.3, -0.25) is 4.79 Å². The van der Waals surface area contributed by atoms with E-state index in [-0.39, 0.29) is 5.91 Å². The number of anilines is 2. The first-order chi connectivity index (χ1) is 16.9. The van der Waals surface area contributed by atoms with Gasteiger partial charge in [0.25, 0.3) is 0 Å². The second kappa shape index (κ2) is 12.9. The fourth-order valence-electron chi connectivity index (χ4n) is 3.33. The third-order valence-electron chi connectivity index (χ3n) is 5.33. The number of esters is 1. The largest absolute Gasteiger partial charge is 0.462 e. The van der Waals surface area contributed by atoms with Crippen molar-refractivity contribution in [1.82, 2.24) is 5.32 Å². The SMILES string of the molecule is CCCCOC(=O)c1ccc(NC(=O)C(Cc2ccccc2)NC(=O)Nc2ccc(C)cc2)cc1. The molecule has 0 aliphatic heterocycles. The molecule has 0 aliphatic carbocycles. The molecule has 0 radical (unpaired) electrons. The zero-order valence-electron chi connectivity index (χ0n) is 20.0. The van der Waals surface area contributed by atoms with Gasteiger partial charge in [0.2, 0.25) is 5.91 Å².